The molecule has 0 N–H and O–H groups in total. The third-order valence-electron chi connectivity index (χ3n) is 5.41. The van der Waals surface area contributed by atoms with Gasteiger partial charge in [-0.3, -0.25) is 0 Å². The molecule has 0 saturated heterocycles. The SMILES string of the molecule is CCC1CCC(CCC(C)(COC(C)(C)C)COC(C)(C)C)CC1. The second-order valence-electron chi connectivity index (χ2n) is 10.4. The van der Waals surface area contributed by atoms with Crippen molar-refractivity contribution in [3.8, 4) is 0 Å². The van der Waals surface area contributed by atoms with Gasteiger partial charge in [-0.25, -0.2) is 0 Å². The molecule has 0 spiro atoms. The van der Waals surface area contributed by atoms with Crippen molar-refractivity contribution < 1.29 is 9.47 Å². The Bertz CT molecular complexity index is 322. The van der Waals surface area contributed by atoms with Crippen molar-refractivity contribution in [2.45, 2.75) is 112 Å². The highest BCUT2D eigenvalue weighted by atomic mass is 16.5. The molecule has 1 aliphatic carbocycles. The summed E-state index contributed by atoms with van der Waals surface area (Å²) >= 11 is 0. The van der Waals surface area contributed by atoms with E-state index >= 15 is 0 Å². The van der Waals surface area contributed by atoms with Crippen LogP contribution in [-0.2, 0) is 9.47 Å². The van der Waals surface area contributed by atoms with Crippen molar-refractivity contribution in [1.82, 2.24) is 0 Å². The molecule has 1 rings (SSSR count). The zero-order valence-corrected chi connectivity index (χ0v) is 17.8. The summed E-state index contributed by atoms with van der Waals surface area (Å²) in [5.41, 5.74) is -0.0491. The van der Waals surface area contributed by atoms with Crippen LogP contribution in [0.4, 0.5) is 0 Å². The summed E-state index contributed by atoms with van der Waals surface area (Å²) in [7, 11) is 0. The maximum absolute atomic E-state index is 6.15. The van der Waals surface area contributed by atoms with Crippen LogP contribution in [0.25, 0.3) is 0 Å². The van der Waals surface area contributed by atoms with Crippen LogP contribution >= 0.6 is 0 Å². The first-order valence-corrected chi connectivity index (χ1v) is 10.2. The van der Waals surface area contributed by atoms with Gasteiger partial charge in [0.2, 0.25) is 0 Å². The summed E-state index contributed by atoms with van der Waals surface area (Å²) in [6, 6.07) is 0. The van der Waals surface area contributed by atoms with Gasteiger partial charge in [0.25, 0.3) is 0 Å². The molecular weight excluding hydrogens is 296 g/mol. The summed E-state index contributed by atoms with van der Waals surface area (Å²) in [4.78, 5) is 0. The number of hydrogen-bond donors (Lipinski definition) is 0. The van der Waals surface area contributed by atoms with Gasteiger partial charge in [-0.05, 0) is 66.2 Å². The first-order chi connectivity index (χ1) is 10.9. The van der Waals surface area contributed by atoms with Crippen LogP contribution in [0.1, 0.15) is 100 Å². The Balaban J connectivity index is 2.54. The summed E-state index contributed by atoms with van der Waals surface area (Å²) < 4.78 is 12.3. The predicted molar refractivity (Wildman–Crippen MR) is 104 cm³/mol. The van der Waals surface area contributed by atoms with E-state index in [2.05, 4.69) is 55.4 Å². The van der Waals surface area contributed by atoms with Crippen molar-refractivity contribution in [2.75, 3.05) is 13.2 Å². The lowest BCUT2D eigenvalue weighted by Crippen LogP contribution is -2.37. The minimum absolute atomic E-state index is 0.0812. The molecule has 0 bridgehead atoms. The van der Waals surface area contributed by atoms with Crippen molar-refractivity contribution >= 4 is 0 Å². The fraction of sp³-hybridized carbons (Fsp3) is 1.00. The molecule has 0 aromatic heterocycles. The van der Waals surface area contributed by atoms with Gasteiger partial charge in [-0.15, -0.1) is 0 Å². The minimum atomic E-state index is -0.0812. The lowest BCUT2D eigenvalue weighted by Gasteiger charge is -2.37. The molecule has 24 heavy (non-hydrogen) atoms. The molecule has 1 aliphatic rings. The Morgan fingerprint density at radius 2 is 1.12 bits per heavy atom. The fourth-order valence-electron chi connectivity index (χ4n) is 3.45. The fourth-order valence-corrected chi connectivity index (χ4v) is 3.45. The summed E-state index contributed by atoms with van der Waals surface area (Å²) in [5.74, 6) is 1.90. The van der Waals surface area contributed by atoms with Crippen LogP contribution < -0.4 is 0 Å². The van der Waals surface area contributed by atoms with Gasteiger partial charge >= 0.3 is 0 Å². The molecule has 0 heterocycles. The lowest BCUT2D eigenvalue weighted by atomic mass is 9.76. The van der Waals surface area contributed by atoms with Gasteiger partial charge in [0.05, 0.1) is 24.4 Å². The van der Waals surface area contributed by atoms with Crippen LogP contribution in [0.3, 0.4) is 0 Å². The van der Waals surface area contributed by atoms with Gasteiger partial charge in [0.15, 0.2) is 0 Å². The molecule has 0 aliphatic heterocycles. The van der Waals surface area contributed by atoms with Gasteiger partial charge in [-0.1, -0.05) is 46.0 Å². The van der Waals surface area contributed by atoms with E-state index in [1.54, 1.807) is 0 Å². The number of hydrogen-bond acceptors (Lipinski definition) is 2. The average molecular weight is 341 g/mol. The Hall–Kier alpha value is -0.0800. The predicted octanol–water partition coefficient (Wildman–Crippen LogP) is 6.62. The Labute approximate surface area is 152 Å². The second-order valence-corrected chi connectivity index (χ2v) is 10.4. The topological polar surface area (TPSA) is 18.5 Å². The minimum Gasteiger partial charge on any atom is -0.375 e. The third-order valence-corrected chi connectivity index (χ3v) is 5.41. The molecule has 1 saturated carbocycles. The monoisotopic (exact) mass is 340 g/mol. The van der Waals surface area contributed by atoms with Gasteiger partial charge in [-0.2, -0.15) is 0 Å². The van der Waals surface area contributed by atoms with E-state index in [-0.39, 0.29) is 16.6 Å². The largest absolute Gasteiger partial charge is 0.375 e. The molecule has 144 valence electrons. The van der Waals surface area contributed by atoms with E-state index < -0.39 is 0 Å². The first-order valence-electron chi connectivity index (χ1n) is 10.2. The van der Waals surface area contributed by atoms with Crippen molar-refractivity contribution in [1.29, 1.82) is 0 Å². The standard InChI is InChI=1S/C22H44O2/c1-9-18-10-12-19(13-11-18)14-15-22(8,16-23-20(2,3)4)17-24-21(5,6)7/h18-19H,9-17H2,1-8H3. The van der Waals surface area contributed by atoms with Crippen molar-refractivity contribution in [3.63, 3.8) is 0 Å². The highest BCUT2D eigenvalue weighted by Gasteiger charge is 2.31. The third kappa shape index (κ3) is 9.42. The normalized spacial score (nSPS) is 23.5. The molecule has 0 amide bonds. The van der Waals surface area contributed by atoms with Crippen LogP contribution in [0.5, 0.6) is 0 Å². The molecule has 1 fully saturated rings. The van der Waals surface area contributed by atoms with Crippen LogP contribution in [0.2, 0.25) is 0 Å². The maximum atomic E-state index is 6.15. The molecule has 0 aromatic carbocycles. The maximum Gasteiger partial charge on any atom is 0.0598 e. The average Bonchev–Trinajstić information content (AvgIpc) is 2.48. The summed E-state index contributed by atoms with van der Waals surface area (Å²) in [6.45, 7) is 19.1. The molecule has 2 heteroatoms. The molecule has 0 unspecified atom stereocenters. The van der Waals surface area contributed by atoms with Gasteiger partial charge in [0.1, 0.15) is 0 Å². The Kier molecular flexibility index (Phi) is 8.26. The molecule has 0 radical (unpaired) electrons. The number of ether oxygens (including phenoxy) is 2. The summed E-state index contributed by atoms with van der Waals surface area (Å²) in [6.07, 6.45) is 9.63. The highest BCUT2D eigenvalue weighted by molar-refractivity contribution is 4.80. The molecule has 2 nitrogen and oxygen atoms in total. The van der Waals surface area contributed by atoms with E-state index in [1.165, 1.54) is 44.9 Å². The smallest absolute Gasteiger partial charge is 0.0598 e. The van der Waals surface area contributed by atoms with Gasteiger partial charge in [0, 0.05) is 5.41 Å². The quantitative estimate of drug-likeness (QED) is 0.494. The molecular formula is C22H44O2. The van der Waals surface area contributed by atoms with E-state index in [4.69, 9.17) is 9.47 Å². The lowest BCUT2D eigenvalue weighted by molar-refractivity contribution is -0.105. The van der Waals surface area contributed by atoms with Crippen molar-refractivity contribution in [2.24, 2.45) is 17.3 Å². The van der Waals surface area contributed by atoms with E-state index in [1.807, 2.05) is 0 Å². The summed E-state index contributed by atoms with van der Waals surface area (Å²) in [5, 5.41) is 0. The van der Waals surface area contributed by atoms with E-state index in [0.29, 0.717) is 0 Å². The highest BCUT2D eigenvalue weighted by Crippen LogP contribution is 2.37. The van der Waals surface area contributed by atoms with E-state index in [0.717, 1.165) is 25.0 Å². The Morgan fingerprint density at radius 3 is 1.50 bits per heavy atom. The van der Waals surface area contributed by atoms with Crippen LogP contribution in [0.15, 0.2) is 0 Å². The van der Waals surface area contributed by atoms with Crippen molar-refractivity contribution in [3.05, 3.63) is 0 Å². The molecule has 0 aromatic rings. The molecule has 0 atom stereocenters. The van der Waals surface area contributed by atoms with Crippen LogP contribution in [0, 0.1) is 17.3 Å². The zero-order valence-electron chi connectivity index (χ0n) is 17.8. The van der Waals surface area contributed by atoms with Crippen LogP contribution in [-0.4, -0.2) is 24.4 Å². The first kappa shape index (κ1) is 22.0. The van der Waals surface area contributed by atoms with E-state index in [9.17, 15) is 0 Å². The van der Waals surface area contributed by atoms with Gasteiger partial charge < -0.3 is 9.47 Å². The number of rotatable bonds is 8. The second kappa shape index (κ2) is 9.03. The zero-order chi connectivity index (χ0) is 18.4. The Morgan fingerprint density at radius 1 is 0.708 bits per heavy atom.